The van der Waals surface area contributed by atoms with Crippen molar-refractivity contribution >= 4 is 0 Å². The van der Waals surface area contributed by atoms with Gasteiger partial charge in [-0.2, -0.15) is 5.10 Å². The van der Waals surface area contributed by atoms with E-state index >= 15 is 0 Å². The van der Waals surface area contributed by atoms with Crippen molar-refractivity contribution in [1.29, 1.82) is 0 Å². The molecular weight excluding hydrogens is 138 g/mol. The van der Waals surface area contributed by atoms with Crippen LogP contribution in [0.4, 0.5) is 0 Å². The van der Waals surface area contributed by atoms with Crippen molar-refractivity contribution in [3.63, 3.8) is 0 Å². The van der Waals surface area contributed by atoms with Gasteiger partial charge in [-0.1, -0.05) is 13.8 Å². The molecule has 0 radical (unpaired) electrons. The first-order valence-corrected chi connectivity index (χ1v) is 3.99. The van der Waals surface area contributed by atoms with Gasteiger partial charge in [-0.05, 0) is 19.8 Å². The van der Waals surface area contributed by atoms with E-state index < -0.39 is 0 Å². The van der Waals surface area contributed by atoms with E-state index in [0.717, 1.165) is 5.82 Å². The molecule has 0 N–H and O–H groups in total. The molecule has 0 aliphatic carbocycles. The lowest BCUT2D eigenvalue weighted by atomic mass is 10.1. The Morgan fingerprint density at radius 3 is 2.36 bits per heavy atom. The summed E-state index contributed by atoms with van der Waals surface area (Å²) in [6, 6.07) is 0.442. The molecule has 62 valence electrons. The SMILES string of the molecule is Cc1ncnn1C(C)C(C)C. The average molecular weight is 153 g/mol. The Balaban J connectivity index is 2.84. The maximum Gasteiger partial charge on any atom is 0.138 e. The van der Waals surface area contributed by atoms with E-state index in [1.165, 1.54) is 0 Å². The normalized spacial score (nSPS) is 13.9. The quantitative estimate of drug-likeness (QED) is 0.648. The second kappa shape index (κ2) is 3.03. The molecule has 0 spiro atoms. The summed E-state index contributed by atoms with van der Waals surface area (Å²) in [6.45, 7) is 8.51. The van der Waals surface area contributed by atoms with Crippen LogP contribution in [0.2, 0.25) is 0 Å². The van der Waals surface area contributed by atoms with Crippen LogP contribution in [0.1, 0.15) is 32.6 Å². The molecule has 1 heterocycles. The van der Waals surface area contributed by atoms with Crippen molar-refractivity contribution in [3.05, 3.63) is 12.2 Å². The lowest BCUT2D eigenvalue weighted by Crippen LogP contribution is -2.14. The Kier molecular flexibility index (Phi) is 2.27. The molecule has 0 saturated carbocycles. The molecule has 0 fully saturated rings. The van der Waals surface area contributed by atoms with Crippen LogP contribution in [0.5, 0.6) is 0 Å². The molecule has 1 aromatic heterocycles. The smallest absolute Gasteiger partial charge is 0.138 e. The molecule has 0 aromatic carbocycles. The fraction of sp³-hybridized carbons (Fsp3) is 0.750. The molecule has 0 saturated heterocycles. The molecule has 11 heavy (non-hydrogen) atoms. The molecule has 0 bridgehead atoms. The summed E-state index contributed by atoms with van der Waals surface area (Å²) >= 11 is 0. The van der Waals surface area contributed by atoms with Crippen molar-refractivity contribution in [2.45, 2.75) is 33.7 Å². The van der Waals surface area contributed by atoms with Crippen LogP contribution < -0.4 is 0 Å². The number of nitrogens with zero attached hydrogens (tertiary/aromatic N) is 3. The van der Waals surface area contributed by atoms with E-state index in [9.17, 15) is 0 Å². The predicted octanol–water partition coefficient (Wildman–Crippen LogP) is 1.80. The van der Waals surface area contributed by atoms with Gasteiger partial charge >= 0.3 is 0 Å². The average Bonchev–Trinajstić information content (AvgIpc) is 2.33. The Bertz CT molecular complexity index is 227. The number of hydrogen-bond acceptors (Lipinski definition) is 2. The van der Waals surface area contributed by atoms with E-state index in [0.29, 0.717) is 12.0 Å². The largest absolute Gasteiger partial charge is 0.247 e. The number of aryl methyl sites for hydroxylation is 1. The van der Waals surface area contributed by atoms with Crippen LogP contribution in [0.15, 0.2) is 6.33 Å². The monoisotopic (exact) mass is 153 g/mol. The molecule has 0 aliphatic rings. The molecule has 0 amide bonds. The standard InChI is InChI=1S/C8H15N3/c1-6(2)7(3)11-8(4)9-5-10-11/h5-7H,1-4H3. The van der Waals surface area contributed by atoms with E-state index in [1.807, 2.05) is 11.6 Å². The topological polar surface area (TPSA) is 30.7 Å². The predicted molar refractivity (Wildman–Crippen MR) is 44.3 cm³/mol. The van der Waals surface area contributed by atoms with Gasteiger partial charge in [0.15, 0.2) is 0 Å². The van der Waals surface area contributed by atoms with E-state index in [-0.39, 0.29) is 0 Å². The number of hydrogen-bond donors (Lipinski definition) is 0. The summed E-state index contributed by atoms with van der Waals surface area (Å²) < 4.78 is 1.96. The van der Waals surface area contributed by atoms with Crippen molar-refractivity contribution in [3.8, 4) is 0 Å². The van der Waals surface area contributed by atoms with Gasteiger partial charge in [-0.3, -0.25) is 0 Å². The first-order chi connectivity index (χ1) is 5.13. The minimum Gasteiger partial charge on any atom is -0.247 e. The van der Waals surface area contributed by atoms with Gasteiger partial charge in [0.1, 0.15) is 12.2 Å². The van der Waals surface area contributed by atoms with Gasteiger partial charge in [0, 0.05) is 0 Å². The third kappa shape index (κ3) is 1.59. The van der Waals surface area contributed by atoms with Gasteiger partial charge in [0.25, 0.3) is 0 Å². The fourth-order valence-electron chi connectivity index (χ4n) is 0.990. The van der Waals surface area contributed by atoms with Gasteiger partial charge in [-0.15, -0.1) is 0 Å². The van der Waals surface area contributed by atoms with E-state index in [1.54, 1.807) is 6.33 Å². The summed E-state index contributed by atoms with van der Waals surface area (Å²) in [7, 11) is 0. The Morgan fingerprint density at radius 1 is 1.36 bits per heavy atom. The van der Waals surface area contributed by atoms with Crippen LogP contribution in [0, 0.1) is 12.8 Å². The Morgan fingerprint density at radius 2 is 2.00 bits per heavy atom. The molecule has 0 aliphatic heterocycles. The lowest BCUT2D eigenvalue weighted by Gasteiger charge is -2.16. The third-order valence-electron chi connectivity index (χ3n) is 2.10. The van der Waals surface area contributed by atoms with Gasteiger partial charge in [-0.25, -0.2) is 9.67 Å². The van der Waals surface area contributed by atoms with Crippen molar-refractivity contribution in [1.82, 2.24) is 14.8 Å². The zero-order valence-corrected chi connectivity index (χ0v) is 7.57. The maximum atomic E-state index is 4.14. The third-order valence-corrected chi connectivity index (χ3v) is 2.10. The van der Waals surface area contributed by atoms with Crippen LogP contribution >= 0.6 is 0 Å². The molecule has 3 heteroatoms. The zero-order valence-electron chi connectivity index (χ0n) is 7.57. The van der Waals surface area contributed by atoms with Crippen molar-refractivity contribution in [2.75, 3.05) is 0 Å². The van der Waals surface area contributed by atoms with Crippen LogP contribution in [-0.2, 0) is 0 Å². The van der Waals surface area contributed by atoms with Crippen LogP contribution in [0.3, 0.4) is 0 Å². The maximum absolute atomic E-state index is 4.14. The molecule has 1 atom stereocenters. The molecule has 3 nitrogen and oxygen atoms in total. The van der Waals surface area contributed by atoms with E-state index in [2.05, 4.69) is 30.9 Å². The molecule has 1 unspecified atom stereocenters. The summed E-state index contributed by atoms with van der Waals surface area (Å²) in [6.07, 6.45) is 1.61. The van der Waals surface area contributed by atoms with Crippen LogP contribution in [0.25, 0.3) is 0 Å². The van der Waals surface area contributed by atoms with Crippen molar-refractivity contribution in [2.24, 2.45) is 5.92 Å². The molecule has 1 rings (SSSR count). The zero-order chi connectivity index (χ0) is 8.43. The highest BCUT2D eigenvalue weighted by Gasteiger charge is 2.11. The second-order valence-corrected chi connectivity index (χ2v) is 3.24. The summed E-state index contributed by atoms with van der Waals surface area (Å²) in [5.41, 5.74) is 0. The first-order valence-electron chi connectivity index (χ1n) is 3.99. The minimum absolute atomic E-state index is 0.442. The van der Waals surface area contributed by atoms with Crippen LogP contribution in [-0.4, -0.2) is 14.8 Å². The number of rotatable bonds is 2. The summed E-state index contributed by atoms with van der Waals surface area (Å²) in [5.74, 6) is 1.60. The summed E-state index contributed by atoms with van der Waals surface area (Å²) in [4.78, 5) is 4.07. The molecular formula is C8H15N3. The Hall–Kier alpha value is -0.860. The highest BCUT2D eigenvalue weighted by molar-refractivity contribution is 4.82. The molecule has 1 aromatic rings. The van der Waals surface area contributed by atoms with E-state index in [4.69, 9.17) is 0 Å². The minimum atomic E-state index is 0.442. The number of aromatic nitrogens is 3. The van der Waals surface area contributed by atoms with Gasteiger partial charge < -0.3 is 0 Å². The second-order valence-electron chi connectivity index (χ2n) is 3.24. The lowest BCUT2D eigenvalue weighted by molar-refractivity contribution is 0.367. The van der Waals surface area contributed by atoms with Gasteiger partial charge in [0.2, 0.25) is 0 Å². The van der Waals surface area contributed by atoms with Crippen molar-refractivity contribution < 1.29 is 0 Å². The Labute approximate surface area is 67.4 Å². The highest BCUT2D eigenvalue weighted by atomic mass is 15.3. The summed E-state index contributed by atoms with van der Waals surface area (Å²) in [5, 5.41) is 4.14. The highest BCUT2D eigenvalue weighted by Crippen LogP contribution is 2.15. The first kappa shape index (κ1) is 8.24. The van der Waals surface area contributed by atoms with Gasteiger partial charge in [0.05, 0.1) is 6.04 Å². The fourth-order valence-corrected chi connectivity index (χ4v) is 0.990.